The first-order valence-corrected chi connectivity index (χ1v) is 11.1. The van der Waals surface area contributed by atoms with Crippen LogP contribution in [-0.2, 0) is 11.2 Å². The molecule has 1 atom stereocenters. The molecule has 0 fully saturated rings. The van der Waals surface area contributed by atoms with Crippen molar-refractivity contribution in [1.29, 1.82) is 0 Å². The fourth-order valence-corrected chi connectivity index (χ4v) is 4.32. The number of carbonyl (C=O) groups excluding carboxylic acids is 2. The first-order valence-electron chi connectivity index (χ1n) is 11.1. The third-order valence-electron chi connectivity index (χ3n) is 6.05. The first-order chi connectivity index (χ1) is 15.0. The maximum absolute atomic E-state index is 12.9. The van der Waals surface area contributed by atoms with Gasteiger partial charge in [0.2, 0.25) is 0 Å². The van der Waals surface area contributed by atoms with Gasteiger partial charge in [0.15, 0.2) is 17.3 Å². The molecule has 1 aliphatic rings. The summed E-state index contributed by atoms with van der Waals surface area (Å²) >= 11 is 0. The van der Waals surface area contributed by atoms with Crippen molar-refractivity contribution in [2.24, 2.45) is 0 Å². The number of ether oxygens (including phenoxy) is 3. The lowest BCUT2D eigenvalue weighted by Crippen LogP contribution is -2.18. The highest BCUT2D eigenvalue weighted by molar-refractivity contribution is 6.03. The molecular weight excluding hydrogens is 394 g/mol. The number of rotatable bonds is 10. The summed E-state index contributed by atoms with van der Waals surface area (Å²) < 4.78 is 16.2. The lowest BCUT2D eigenvalue weighted by molar-refractivity contribution is 0.0490. The largest absolute Gasteiger partial charge is 0.493 e. The van der Waals surface area contributed by atoms with E-state index in [0.29, 0.717) is 47.8 Å². The van der Waals surface area contributed by atoms with Gasteiger partial charge in [-0.25, -0.2) is 4.79 Å². The molecule has 168 valence electrons. The normalized spacial score (nSPS) is 15.5. The predicted octanol–water partition coefficient (Wildman–Crippen LogP) is 5.38. The molecule has 0 saturated heterocycles. The van der Waals surface area contributed by atoms with E-state index < -0.39 is 0 Å². The van der Waals surface area contributed by atoms with E-state index in [2.05, 4.69) is 11.9 Å². The van der Waals surface area contributed by atoms with Gasteiger partial charge in [-0.2, -0.15) is 0 Å². The van der Waals surface area contributed by atoms with Crippen LogP contribution in [0.3, 0.4) is 0 Å². The molecule has 31 heavy (non-hydrogen) atoms. The maximum atomic E-state index is 12.9. The molecule has 1 aromatic carbocycles. The molecule has 0 spiro atoms. The molecule has 1 aromatic heterocycles. The first kappa shape index (κ1) is 22.9. The number of hydrogen-bond donors (Lipinski definition) is 1. The van der Waals surface area contributed by atoms with Gasteiger partial charge in [0.1, 0.15) is 5.69 Å². The second kappa shape index (κ2) is 10.5. The van der Waals surface area contributed by atoms with E-state index in [1.165, 1.54) is 12.8 Å². The molecular formula is C25H33NO5. The zero-order chi connectivity index (χ0) is 22.4. The summed E-state index contributed by atoms with van der Waals surface area (Å²) in [5, 5.41) is 0. The van der Waals surface area contributed by atoms with E-state index in [4.69, 9.17) is 14.2 Å². The van der Waals surface area contributed by atoms with Crippen LogP contribution < -0.4 is 9.47 Å². The van der Waals surface area contributed by atoms with Crippen LogP contribution >= 0.6 is 0 Å². The van der Waals surface area contributed by atoms with Gasteiger partial charge < -0.3 is 19.2 Å². The number of methoxy groups -OCH3 is 2. The number of fused-ring (bicyclic) bond motifs is 1. The van der Waals surface area contributed by atoms with Gasteiger partial charge >= 0.3 is 5.97 Å². The molecule has 1 aliphatic carbocycles. The fraction of sp³-hybridized carbons (Fsp3) is 0.520. The monoisotopic (exact) mass is 427 g/mol. The molecule has 0 bridgehead atoms. The SMILES string of the molecule is CCCCCCCOC(=O)c1[nH]c2c(c1C)C(=O)CC(c1ccc(OC)c(OC)c1)C2. The molecule has 1 heterocycles. The number of nitrogens with one attached hydrogen (secondary N) is 1. The average Bonchev–Trinajstić information content (AvgIpc) is 3.12. The number of aromatic amines is 1. The number of ketones is 1. The fourth-order valence-electron chi connectivity index (χ4n) is 4.32. The maximum Gasteiger partial charge on any atom is 0.355 e. The zero-order valence-electron chi connectivity index (χ0n) is 19.0. The minimum absolute atomic E-state index is 0.0142. The van der Waals surface area contributed by atoms with E-state index >= 15 is 0 Å². The molecule has 1 unspecified atom stereocenters. The summed E-state index contributed by atoms with van der Waals surface area (Å²) in [6, 6.07) is 5.75. The molecule has 2 aromatic rings. The molecule has 1 N–H and O–H groups in total. The Labute approximate surface area is 184 Å². The predicted molar refractivity (Wildman–Crippen MR) is 120 cm³/mol. The second-order valence-electron chi connectivity index (χ2n) is 8.17. The Hall–Kier alpha value is -2.76. The number of hydrogen-bond acceptors (Lipinski definition) is 5. The van der Waals surface area contributed by atoms with Crippen molar-refractivity contribution in [2.75, 3.05) is 20.8 Å². The van der Waals surface area contributed by atoms with E-state index in [-0.39, 0.29) is 17.7 Å². The highest BCUT2D eigenvalue weighted by Crippen LogP contribution is 2.38. The zero-order valence-corrected chi connectivity index (χ0v) is 19.0. The van der Waals surface area contributed by atoms with Crippen LogP contribution in [0.4, 0.5) is 0 Å². The van der Waals surface area contributed by atoms with Crippen LogP contribution in [0.5, 0.6) is 11.5 Å². The summed E-state index contributed by atoms with van der Waals surface area (Å²) in [5.41, 5.74) is 3.57. The van der Waals surface area contributed by atoms with Gasteiger partial charge in [0, 0.05) is 17.7 Å². The third kappa shape index (κ3) is 5.12. The highest BCUT2D eigenvalue weighted by atomic mass is 16.5. The molecule has 0 aliphatic heterocycles. The Bertz CT molecular complexity index is 930. The van der Waals surface area contributed by atoms with Crippen molar-refractivity contribution < 1.29 is 23.8 Å². The summed E-state index contributed by atoms with van der Waals surface area (Å²) in [6.45, 7) is 4.41. The molecule has 0 amide bonds. The number of carbonyl (C=O) groups is 2. The number of aromatic nitrogens is 1. The van der Waals surface area contributed by atoms with Crippen molar-refractivity contribution in [3.63, 3.8) is 0 Å². The number of benzene rings is 1. The molecule has 0 radical (unpaired) electrons. The lowest BCUT2D eigenvalue weighted by atomic mass is 9.81. The Morgan fingerprint density at radius 3 is 2.52 bits per heavy atom. The minimum atomic E-state index is -0.377. The van der Waals surface area contributed by atoms with Crippen LogP contribution in [-0.4, -0.2) is 37.6 Å². The number of unbranched alkanes of at least 4 members (excludes halogenated alkanes) is 4. The standard InChI is InChI=1S/C25H33NO5/c1-5-6-7-8-9-12-31-25(28)24-16(2)23-19(26-24)13-18(14-20(23)27)17-10-11-21(29-3)22(15-17)30-4/h10-11,15,18,26H,5-9,12-14H2,1-4H3. The number of H-pyrrole nitrogens is 1. The quantitative estimate of drug-likeness (QED) is 0.407. The third-order valence-corrected chi connectivity index (χ3v) is 6.05. The van der Waals surface area contributed by atoms with Crippen LogP contribution in [0, 0.1) is 6.92 Å². The lowest BCUT2D eigenvalue weighted by Gasteiger charge is -2.23. The van der Waals surface area contributed by atoms with E-state index in [1.807, 2.05) is 25.1 Å². The van der Waals surface area contributed by atoms with Gasteiger partial charge in [-0.1, -0.05) is 38.7 Å². The van der Waals surface area contributed by atoms with Gasteiger partial charge in [-0.05, 0) is 48.9 Å². The summed E-state index contributed by atoms with van der Waals surface area (Å²) in [5.74, 6) is 0.986. The Kier molecular flexibility index (Phi) is 7.77. The van der Waals surface area contributed by atoms with Gasteiger partial charge in [-0.15, -0.1) is 0 Å². The Morgan fingerprint density at radius 2 is 1.81 bits per heavy atom. The molecule has 3 rings (SSSR count). The smallest absolute Gasteiger partial charge is 0.355 e. The molecule has 6 heteroatoms. The van der Waals surface area contributed by atoms with Crippen molar-refractivity contribution >= 4 is 11.8 Å². The van der Waals surface area contributed by atoms with Crippen LogP contribution in [0.1, 0.15) is 89.0 Å². The van der Waals surface area contributed by atoms with Crippen molar-refractivity contribution in [3.05, 3.63) is 46.3 Å². The highest BCUT2D eigenvalue weighted by Gasteiger charge is 2.32. The van der Waals surface area contributed by atoms with E-state index in [0.717, 1.165) is 30.5 Å². The molecule has 0 saturated carbocycles. The van der Waals surface area contributed by atoms with Crippen molar-refractivity contribution in [3.8, 4) is 11.5 Å². The van der Waals surface area contributed by atoms with Crippen LogP contribution in [0.25, 0.3) is 0 Å². The minimum Gasteiger partial charge on any atom is -0.493 e. The van der Waals surface area contributed by atoms with Gasteiger partial charge in [0.25, 0.3) is 0 Å². The molecule has 6 nitrogen and oxygen atoms in total. The average molecular weight is 428 g/mol. The van der Waals surface area contributed by atoms with E-state index in [9.17, 15) is 9.59 Å². The number of esters is 1. The second-order valence-corrected chi connectivity index (χ2v) is 8.17. The Balaban J connectivity index is 1.71. The van der Waals surface area contributed by atoms with Crippen molar-refractivity contribution in [1.82, 2.24) is 4.98 Å². The van der Waals surface area contributed by atoms with Gasteiger partial charge in [0.05, 0.1) is 20.8 Å². The summed E-state index contributed by atoms with van der Waals surface area (Å²) in [6.07, 6.45) is 6.54. The van der Waals surface area contributed by atoms with Crippen molar-refractivity contribution in [2.45, 2.75) is 64.7 Å². The van der Waals surface area contributed by atoms with Crippen LogP contribution in [0.15, 0.2) is 18.2 Å². The summed E-state index contributed by atoms with van der Waals surface area (Å²) in [7, 11) is 3.20. The number of Topliss-reactive ketones (excluding diaryl/α,β-unsaturated/α-hetero) is 1. The van der Waals surface area contributed by atoms with Crippen LogP contribution in [0.2, 0.25) is 0 Å². The summed E-state index contributed by atoms with van der Waals surface area (Å²) in [4.78, 5) is 28.7. The van der Waals surface area contributed by atoms with Gasteiger partial charge in [-0.3, -0.25) is 4.79 Å². The topological polar surface area (TPSA) is 77.6 Å². The van der Waals surface area contributed by atoms with E-state index in [1.54, 1.807) is 14.2 Å². The Morgan fingerprint density at radius 1 is 1.06 bits per heavy atom.